The van der Waals surface area contributed by atoms with Crippen molar-refractivity contribution in [3.63, 3.8) is 0 Å². The van der Waals surface area contributed by atoms with Gasteiger partial charge in [-0.25, -0.2) is 0 Å². The first kappa shape index (κ1) is 20.0. The molecule has 1 fully saturated rings. The van der Waals surface area contributed by atoms with Gasteiger partial charge < -0.3 is 9.64 Å². The van der Waals surface area contributed by atoms with E-state index in [0.29, 0.717) is 11.3 Å². The lowest BCUT2D eigenvalue weighted by atomic mass is 9.97. The van der Waals surface area contributed by atoms with Crippen molar-refractivity contribution < 1.29 is 14.3 Å². The molecular weight excluding hydrogens is 354 g/mol. The van der Waals surface area contributed by atoms with Crippen LogP contribution < -0.4 is 10.2 Å². The van der Waals surface area contributed by atoms with Crippen molar-refractivity contribution in [2.24, 2.45) is 0 Å². The van der Waals surface area contributed by atoms with E-state index in [-0.39, 0.29) is 30.5 Å². The second-order valence-corrected chi connectivity index (χ2v) is 7.64. The number of nitrogens with one attached hydrogen (secondary N) is 1. The lowest BCUT2D eigenvalue weighted by Crippen LogP contribution is -2.49. The van der Waals surface area contributed by atoms with Gasteiger partial charge in [0.1, 0.15) is 5.75 Å². The van der Waals surface area contributed by atoms with Crippen molar-refractivity contribution in [1.29, 1.82) is 0 Å². The maximum Gasteiger partial charge on any atom is 0.270 e. The molecule has 2 heterocycles. The third kappa shape index (κ3) is 4.38. The lowest BCUT2D eigenvalue weighted by Gasteiger charge is -2.38. The summed E-state index contributed by atoms with van der Waals surface area (Å²) in [6.07, 6.45) is 3.25. The number of aryl methyl sites for hydroxylation is 2. The quantitative estimate of drug-likeness (QED) is 0.857. The minimum atomic E-state index is -0.194. The molecule has 1 N–H and O–H groups in total. The van der Waals surface area contributed by atoms with Gasteiger partial charge >= 0.3 is 0 Å². The summed E-state index contributed by atoms with van der Waals surface area (Å²) in [4.78, 5) is 26.9. The molecule has 0 radical (unpaired) electrons. The first-order valence-corrected chi connectivity index (χ1v) is 9.87. The molecule has 28 heavy (non-hydrogen) atoms. The molecule has 6 nitrogen and oxygen atoms in total. The third-order valence-corrected chi connectivity index (χ3v) is 5.44. The van der Waals surface area contributed by atoms with Crippen LogP contribution >= 0.6 is 0 Å². The Morgan fingerprint density at radius 3 is 2.14 bits per heavy atom. The van der Waals surface area contributed by atoms with Crippen molar-refractivity contribution in [1.82, 2.24) is 9.58 Å². The van der Waals surface area contributed by atoms with Crippen molar-refractivity contribution in [2.45, 2.75) is 59.0 Å². The zero-order valence-corrected chi connectivity index (χ0v) is 17.1. The monoisotopic (exact) mass is 383 g/mol. The fourth-order valence-corrected chi connectivity index (χ4v) is 3.85. The Morgan fingerprint density at radius 1 is 1.00 bits per heavy atom. The molecule has 1 aromatic carbocycles. The maximum absolute atomic E-state index is 12.5. The number of aromatic nitrogens is 1. The van der Waals surface area contributed by atoms with Crippen molar-refractivity contribution in [2.75, 3.05) is 12.0 Å². The largest absolute Gasteiger partial charge is 0.484 e. The molecule has 6 heteroatoms. The molecule has 2 aromatic rings. The standard InChI is InChI=1S/C22H29N3O3/c1-15-6-5-7-16(2)24(15)21(26)14-28-20-12-10-19(11-13-20)22(27)23-25-17(3)8-9-18(25)4/h8-13,15-16H,5-7,14H2,1-4H3,(H,23,27)/t15-,16-/m0/s1. The minimum Gasteiger partial charge on any atom is -0.484 e. The van der Waals surface area contributed by atoms with E-state index >= 15 is 0 Å². The van der Waals surface area contributed by atoms with Gasteiger partial charge in [-0.15, -0.1) is 0 Å². The highest BCUT2D eigenvalue weighted by Crippen LogP contribution is 2.23. The molecule has 0 aliphatic carbocycles. The van der Waals surface area contributed by atoms with Crippen LogP contribution in [0.15, 0.2) is 36.4 Å². The maximum atomic E-state index is 12.5. The predicted molar refractivity (Wildman–Crippen MR) is 109 cm³/mol. The van der Waals surface area contributed by atoms with Gasteiger partial charge in [-0.05, 0) is 83.4 Å². The van der Waals surface area contributed by atoms with Gasteiger partial charge in [-0.3, -0.25) is 19.7 Å². The fraction of sp³-hybridized carbons (Fsp3) is 0.455. The number of hydrogen-bond donors (Lipinski definition) is 1. The first-order chi connectivity index (χ1) is 13.4. The second-order valence-electron chi connectivity index (χ2n) is 7.64. The van der Waals surface area contributed by atoms with Crippen molar-refractivity contribution >= 4 is 11.8 Å². The molecule has 2 atom stereocenters. The molecule has 1 aromatic heterocycles. The van der Waals surface area contributed by atoms with E-state index in [2.05, 4.69) is 19.3 Å². The number of nitrogens with zero attached hydrogens (tertiary/aromatic N) is 2. The lowest BCUT2D eigenvalue weighted by molar-refractivity contribution is -0.139. The smallest absolute Gasteiger partial charge is 0.270 e. The zero-order chi connectivity index (χ0) is 20.3. The highest BCUT2D eigenvalue weighted by atomic mass is 16.5. The SMILES string of the molecule is Cc1ccc(C)n1NC(=O)c1ccc(OCC(=O)N2[C@@H](C)CCC[C@@H]2C)cc1. The van der Waals surface area contributed by atoms with E-state index in [4.69, 9.17) is 4.74 Å². The van der Waals surface area contributed by atoms with Gasteiger partial charge in [0, 0.05) is 29.0 Å². The Hall–Kier alpha value is -2.76. The molecule has 1 aliphatic rings. The number of rotatable bonds is 5. The number of benzene rings is 1. The number of ether oxygens (including phenoxy) is 1. The third-order valence-electron chi connectivity index (χ3n) is 5.44. The molecule has 150 valence electrons. The number of piperidine rings is 1. The Balaban J connectivity index is 1.57. The summed E-state index contributed by atoms with van der Waals surface area (Å²) in [7, 11) is 0. The number of carbonyl (C=O) groups excluding carboxylic acids is 2. The van der Waals surface area contributed by atoms with Crippen LogP contribution in [0.2, 0.25) is 0 Å². The molecule has 0 bridgehead atoms. The fourth-order valence-electron chi connectivity index (χ4n) is 3.85. The second kappa shape index (κ2) is 8.50. The van der Waals surface area contributed by atoms with Gasteiger partial charge in [0.2, 0.25) is 0 Å². The number of hydrogen-bond acceptors (Lipinski definition) is 3. The van der Waals surface area contributed by atoms with Crippen LogP contribution in [0.3, 0.4) is 0 Å². The topological polar surface area (TPSA) is 63.6 Å². The molecule has 1 aliphatic heterocycles. The van der Waals surface area contributed by atoms with E-state index in [1.807, 2.05) is 30.9 Å². The van der Waals surface area contributed by atoms with E-state index in [1.54, 1.807) is 28.9 Å². The first-order valence-electron chi connectivity index (χ1n) is 9.87. The summed E-state index contributed by atoms with van der Waals surface area (Å²) in [5.41, 5.74) is 5.33. The van der Waals surface area contributed by atoms with Crippen LogP contribution in [-0.2, 0) is 4.79 Å². The Labute approximate surface area is 166 Å². The summed E-state index contributed by atoms with van der Waals surface area (Å²) in [6.45, 7) is 8.07. The molecule has 0 unspecified atom stereocenters. The molecule has 0 saturated carbocycles. The van der Waals surface area contributed by atoms with Crippen LogP contribution in [-0.4, -0.2) is 40.1 Å². The van der Waals surface area contributed by atoms with Gasteiger partial charge in [-0.2, -0.15) is 0 Å². The Morgan fingerprint density at radius 2 is 1.57 bits per heavy atom. The molecule has 1 saturated heterocycles. The predicted octanol–water partition coefficient (Wildman–Crippen LogP) is 3.66. The van der Waals surface area contributed by atoms with Crippen LogP contribution in [0.1, 0.15) is 54.9 Å². The minimum absolute atomic E-state index is 0.0140. The van der Waals surface area contributed by atoms with Gasteiger partial charge in [0.15, 0.2) is 6.61 Å². The molecule has 2 amide bonds. The van der Waals surface area contributed by atoms with Gasteiger partial charge in [0.25, 0.3) is 11.8 Å². The van der Waals surface area contributed by atoms with Crippen LogP contribution in [0, 0.1) is 13.8 Å². The summed E-state index contributed by atoms with van der Waals surface area (Å²) in [5.74, 6) is 0.400. The summed E-state index contributed by atoms with van der Waals surface area (Å²) >= 11 is 0. The van der Waals surface area contributed by atoms with E-state index in [0.717, 1.165) is 24.2 Å². The zero-order valence-electron chi connectivity index (χ0n) is 17.1. The summed E-state index contributed by atoms with van der Waals surface area (Å²) < 4.78 is 7.42. The Kier molecular flexibility index (Phi) is 6.07. The van der Waals surface area contributed by atoms with E-state index in [9.17, 15) is 9.59 Å². The highest BCUT2D eigenvalue weighted by Gasteiger charge is 2.28. The van der Waals surface area contributed by atoms with E-state index < -0.39 is 0 Å². The summed E-state index contributed by atoms with van der Waals surface area (Å²) in [6, 6.07) is 11.3. The van der Waals surface area contributed by atoms with Crippen molar-refractivity contribution in [3.8, 4) is 5.75 Å². The van der Waals surface area contributed by atoms with Crippen LogP contribution in [0.25, 0.3) is 0 Å². The molecule has 3 rings (SSSR count). The van der Waals surface area contributed by atoms with Crippen molar-refractivity contribution in [3.05, 3.63) is 53.3 Å². The normalized spacial score (nSPS) is 19.4. The average molecular weight is 383 g/mol. The van der Waals surface area contributed by atoms with Gasteiger partial charge in [0.05, 0.1) is 0 Å². The number of amides is 2. The number of carbonyl (C=O) groups is 2. The van der Waals surface area contributed by atoms with E-state index in [1.165, 1.54) is 6.42 Å². The van der Waals surface area contributed by atoms with Crippen LogP contribution in [0.4, 0.5) is 0 Å². The van der Waals surface area contributed by atoms with Gasteiger partial charge in [-0.1, -0.05) is 0 Å². The Bertz CT molecular complexity index is 812. The molecule has 0 spiro atoms. The summed E-state index contributed by atoms with van der Waals surface area (Å²) in [5, 5.41) is 0. The highest BCUT2D eigenvalue weighted by molar-refractivity contribution is 6.00. The average Bonchev–Trinajstić information content (AvgIpc) is 2.98. The number of likely N-dealkylation sites (tertiary alicyclic amines) is 1. The molecular formula is C22H29N3O3. The van der Waals surface area contributed by atoms with Crippen LogP contribution in [0.5, 0.6) is 5.75 Å².